The fraction of sp³-hybridized carbons (Fsp3) is 0.160. The molecule has 3 heterocycles. The van der Waals surface area contributed by atoms with Gasteiger partial charge < -0.3 is 14.1 Å². The molecule has 3 aromatic carbocycles. The molecule has 1 aliphatic heterocycles. The second kappa shape index (κ2) is 7.38. The zero-order valence-corrected chi connectivity index (χ0v) is 18.1. The number of ether oxygens (including phenoxy) is 1. The van der Waals surface area contributed by atoms with E-state index in [1.807, 2.05) is 36.4 Å². The highest BCUT2D eigenvalue weighted by Gasteiger charge is 2.19. The van der Waals surface area contributed by atoms with Crippen molar-refractivity contribution in [2.45, 2.75) is 0 Å². The smallest absolute Gasteiger partial charge is 0.200 e. The topological polar surface area (TPSA) is 42.7 Å². The van der Waals surface area contributed by atoms with Crippen molar-refractivity contribution in [1.29, 1.82) is 0 Å². The Kier molecular flexibility index (Phi) is 4.49. The van der Waals surface area contributed by atoms with E-state index in [1.54, 1.807) is 17.4 Å². The fourth-order valence-corrected chi connectivity index (χ4v) is 5.84. The van der Waals surface area contributed by atoms with Crippen molar-refractivity contribution >= 4 is 60.0 Å². The molecule has 0 N–H and O–H groups in total. The van der Waals surface area contributed by atoms with Gasteiger partial charge in [0.05, 0.1) is 28.3 Å². The zero-order valence-electron chi connectivity index (χ0n) is 16.6. The number of para-hydroxylation sites is 1. The summed E-state index contributed by atoms with van der Waals surface area (Å²) >= 11 is 8.16. The Morgan fingerprint density at radius 1 is 0.839 bits per heavy atom. The van der Waals surface area contributed by atoms with Gasteiger partial charge in [-0.05, 0) is 12.1 Å². The van der Waals surface area contributed by atoms with Crippen molar-refractivity contribution in [3.63, 3.8) is 0 Å². The number of nitrogens with zero attached hydrogens (tertiary/aromatic N) is 1. The van der Waals surface area contributed by atoms with Crippen molar-refractivity contribution in [3.05, 3.63) is 75.9 Å². The maximum absolute atomic E-state index is 12.9. The lowest BCUT2D eigenvalue weighted by atomic mass is 10.0. The number of hydrogen-bond donors (Lipinski definition) is 0. The summed E-state index contributed by atoms with van der Waals surface area (Å²) < 4.78 is 14.0. The predicted molar refractivity (Wildman–Crippen MR) is 129 cm³/mol. The van der Waals surface area contributed by atoms with Gasteiger partial charge in [-0.3, -0.25) is 4.79 Å². The number of rotatable bonds is 2. The number of benzene rings is 3. The van der Waals surface area contributed by atoms with Crippen LogP contribution in [0.3, 0.4) is 0 Å². The van der Waals surface area contributed by atoms with Crippen LogP contribution in [0.5, 0.6) is 0 Å². The molecule has 31 heavy (non-hydrogen) atoms. The maximum atomic E-state index is 12.9. The Morgan fingerprint density at radius 3 is 2.32 bits per heavy atom. The van der Waals surface area contributed by atoms with E-state index in [0.717, 1.165) is 36.3 Å². The summed E-state index contributed by atoms with van der Waals surface area (Å²) in [5.41, 5.74) is 2.55. The van der Waals surface area contributed by atoms with E-state index in [9.17, 15) is 4.79 Å². The van der Waals surface area contributed by atoms with Crippen LogP contribution in [0, 0.1) is 0 Å². The minimum absolute atomic E-state index is 0.0313. The van der Waals surface area contributed by atoms with E-state index in [-0.39, 0.29) is 5.43 Å². The molecule has 4 nitrogen and oxygen atoms in total. The predicted octanol–water partition coefficient (Wildman–Crippen LogP) is 6.32. The molecule has 1 aliphatic rings. The Hall–Kier alpha value is -2.86. The van der Waals surface area contributed by atoms with Crippen LogP contribution in [0.25, 0.3) is 42.3 Å². The third-order valence-electron chi connectivity index (χ3n) is 5.83. The fourth-order valence-electron chi connectivity index (χ4n) is 4.31. The first-order valence-electron chi connectivity index (χ1n) is 10.2. The Morgan fingerprint density at radius 2 is 1.52 bits per heavy atom. The lowest BCUT2D eigenvalue weighted by molar-refractivity contribution is 0.121. The third-order valence-corrected chi connectivity index (χ3v) is 7.55. The Balaban J connectivity index is 1.63. The molecule has 0 amide bonds. The molecule has 1 saturated heterocycles. The Bertz CT molecular complexity index is 1510. The van der Waals surface area contributed by atoms with Gasteiger partial charge >= 0.3 is 0 Å². The first kappa shape index (κ1) is 18.9. The highest BCUT2D eigenvalue weighted by atomic mass is 35.5. The molecule has 0 atom stereocenters. The van der Waals surface area contributed by atoms with Crippen molar-refractivity contribution < 1.29 is 9.15 Å². The quantitative estimate of drug-likeness (QED) is 0.317. The molecular weight excluding hydrogens is 430 g/mol. The van der Waals surface area contributed by atoms with Crippen LogP contribution in [0.2, 0.25) is 5.02 Å². The van der Waals surface area contributed by atoms with E-state index in [2.05, 4.69) is 23.1 Å². The molecule has 0 saturated carbocycles. The minimum atomic E-state index is -0.0313. The molecule has 0 bridgehead atoms. The highest BCUT2D eigenvalue weighted by Crippen LogP contribution is 2.43. The monoisotopic (exact) mass is 447 g/mol. The molecule has 0 aliphatic carbocycles. The summed E-state index contributed by atoms with van der Waals surface area (Å²) in [6.45, 7) is 2.68. The van der Waals surface area contributed by atoms with Gasteiger partial charge in [0.15, 0.2) is 11.3 Å². The van der Waals surface area contributed by atoms with E-state index in [0.29, 0.717) is 43.2 Å². The van der Waals surface area contributed by atoms with E-state index < -0.39 is 0 Å². The first-order valence-corrected chi connectivity index (χ1v) is 11.4. The number of anilines is 1. The number of fused-ring (bicyclic) bond motifs is 4. The minimum Gasteiger partial charge on any atom is -0.440 e. The van der Waals surface area contributed by atoms with Gasteiger partial charge in [-0.15, -0.1) is 11.3 Å². The van der Waals surface area contributed by atoms with Crippen LogP contribution >= 0.6 is 22.9 Å². The van der Waals surface area contributed by atoms with Crippen molar-refractivity contribution in [2.24, 2.45) is 0 Å². The molecule has 0 radical (unpaired) electrons. The van der Waals surface area contributed by atoms with Gasteiger partial charge in [-0.2, -0.15) is 0 Å². The SMILES string of the molecule is O=c1cc(N2CCOCC2)oc2c(-c3cccc4c3sc3c(Cl)cccc34)cccc12. The average molecular weight is 448 g/mol. The zero-order chi connectivity index (χ0) is 20.9. The molecule has 2 aromatic heterocycles. The molecule has 154 valence electrons. The third kappa shape index (κ3) is 3.04. The van der Waals surface area contributed by atoms with Crippen LogP contribution < -0.4 is 10.3 Å². The number of morpholine rings is 1. The Labute approximate surface area is 187 Å². The standard InChI is InChI=1S/C25H18ClNO3S/c26-20-9-3-7-18-17-6-2-5-16(24(17)31-25(18)20)15-4-1-8-19-21(28)14-22(30-23(15)19)27-10-12-29-13-11-27/h1-9,14H,10-13H2. The lowest BCUT2D eigenvalue weighted by Crippen LogP contribution is -2.36. The largest absolute Gasteiger partial charge is 0.440 e. The summed E-state index contributed by atoms with van der Waals surface area (Å²) in [6, 6.07) is 19.6. The van der Waals surface area contributed by atoms with Gasteiger partial charge in [0.25, 0.3) is 0 Å². The van der Waals surface area contributed by atoms with E-state index in [1.165, 1.54) is 0 Å². The van der Waals surface area contributed by atoms with Crippen molar-refractivity contribution in [3.8, 4) is 11.1 Å². The molecule has 1 fully saturated rings. The van der Waals surface area contributed by atoms with Gasteiger partial charge in [0.2, 0.25) is 0 Å². The molecule has 6 rings (SSSR count). The van der Waals surface area contributed by atoms with Crippen LogP contribution in [0.1, 0.15) is 0 Å². The number of halogens is 1. The average Bonchev–Trinajstić information content (AvgIpc) is 3.20. The molecular formula is C25H18ClNO3S. The number of thiophene rings is 1. The summed E-state index contributed by atoms with van der Waals surface area (Å²) in [6.07, 6.45) is 0. The second-order valence-electron chi connectivity index (χ2n) is 7.63. The van der Waals surface area contributed by atoms with Crippen molar-refractivity contribution in [2.75, 3.05) is 31.2 Å². The van der Waals surface area contributed by atoms with E-state index >= 15 is 0 Å². The summed E-state index contributed by atoms with van der Waals surface area (Å²) in [5, 5.41) is 3.64. The van der Waals surface area contributed by atoms with Crippen LogP contribution in [0.15, 0.2) is 69.9 Å². The summed E-state index contributed by atoms with van der Waals surface area (Å²) in [5.74, 6) is 0.597. The van der Waals surface area contributed by atoms with Crippen molar-refractivity contribution in [1.82, 2.24) is 0 Å². The highest BCUT2D eigenvalue weighted by molar-refractivity contribution is 7.27. The van der Waals surface area contributed by atoms with Crippen LogP contribution in [0.4, 0.5) is 5.88 Å². The van der Waals surface area contributed by atoms with Crippen LogP contribution in [-0.4, -0.2) is 26.3 Å². The second-order valence-corrected chi connectivity index (χ2v) is 9.06. The molecule has 0 spiro atoms. The number of hydrogen-bond acceptors (Lipinski definition) is 5. The van der Waals surface area contributed by atoms with Gasteiger partial charge in [0.1, 0.15) is 5.58 Å². The van der Waals surface area contributed by atoms with Gasteiger partial charge in [-0.25, -0.2) is 0 Å². The van der Waals surface area contributed by atoms with Crippen LogP contribution in [-0.2, 0) is 4.74 Å². The summed E-state index contributed by atoms with van der Waals surface area (Å²) in [4.78, 5) is 15.0. The molecule has 6 heteroatoms. The molecule has 5 aromatic rings. The van der Waals surface area contributed by atoms with Gasteiger partial charge in [0, 0.05) is 45.8 Å². The normalized spacial score (nSPS) is 14.7. The maximum Gasteiger partial charge on any atom is 0.200 e. The summed E-state index contributed by atoms with van der Waals surface area (Å²) in [7, 11) is 0. The first-order chi connectivity index (χ1) is 15.2. The van der Waals surface area contributed by atoms with Gasteiger partial charge in [-0.1, -0.05) is 54.1 Å². The van der Waals surface area contributed by atoms with E-state index in [4.69, 9.17) is 20.8 Å². The lowest BCUT2D eigenvalue weighted by Gasteiger charge is -2.27. The molecule has 0 unspecified atom stereocenters.